The van der Waals surface area contributed by atoms with Crippen molar-refractivity contribution in [2.45, 2.75) is 19.8 Å². The number of amides is 1. The van der Waals surface area contributed by atoms with Gasteiger partial charge in [-0.1, -0.05) is 6.92 Å². The molecule has 1 heterocycles. The van der Waals surface area contributed by atoms with Gasteiger partial charge in [-0.15, -0.1) is 0 Å². The summed E-state index contributed by atoms with van der Waals surface area (Å²) in [6.45, 7) is 3.50. The highest BCUT2D eigenvalue weighted by molar-refractivity contribution is 6.08. The van der Waals surface area contributed by atoms with Gasteiger partial charge in [0, 0.05) is 37.4 Å². The molecule has 1 fully saturated rings. The quantitative estimate of drug-likeness (QED) is 0.593. The highest BCUT2D eigenvalue weighted by atomic mass is 19.1. The van der Waals surface area contributed by atoms with E-state index in [0.29, 0.717) is 24.7 Å². The average molecular weight is 402 g/mol. The lowest BCUT2D eigenvalue weighted by molar-refractivity contribution is -0.385. The lowest BCUT2D eigenvalue weighted by Crippen LogP contribution is -2.34. The molecule has 3 rings (SSSR count). The zero-order chi connectivity index (χ0) is 21.1. The number of halogens is 1. The van der Waals surface area contributed by atoms with Crippen LogP contribution in [0.3, 0.4) is 0 Å². The molecule has 10 heteroatoms. The number of piperidine rings is 1. The predicted octanol–water partition coefficient (Wildman–Crippen LogP) is 4.13. The summed E-state index contributed by atoms with van der Waals surface area (Å²) < 4.78 is 14.1. The van der Waals surface area contributed by atoms with E-state index in [1.165, 1.54) is 12.1 Å². The maximum absolute atomic E-state index is 14.1. The van der Waals surface area contributed by atoms with Crippen LogP contribution in [0, 0.1) is 32.0 Å². The Morgan fingerprint density at radius 3 is 2.28 bits per heavy atom. The summed E-state index contributed by atoms with van der Waals surface area (Å²) in [5.74, 6) is -1.08. The molecule has 1 aliphatic heterocycles. The van der Waals surface area contributed by atoms with Crippen LogP contribution in [-0.4, -0.2) is 28.8 Å². The van der Waals surface area contributed by atoms with Gasteiger partial charge in [-0.2, -0.15) is 0 Å². The Kier molecular flexibility index (Phi) is 5.71. The maximum atomic E-state index is 14.1. The highest BCUT2D eigenvalue weighted by Crippen LogP contribution is 2.30. The van der Waals surface area contributed by atoms with Crippen LogP contribution in [0.25, 0.3) is 0 Å². The van der Waals surface area contributed by atoms with Crippen LogP contribution in [0.15, 0.2) is 36.4 Å². The Bertz CT molecular complexity index is 973. The first kappa shape index (κ1) is 20.2. The number of non-ortho nitro benzene ring substituents is 2. The zero-order valence-corrected chi connectivity index (χ0v) is 15.6. The van der Waals surface area contributed by atoms with Crippen molar-refractivity contribution in [3.8, 4) is 0 Å². The smallest absolute Gasteiger partial charge is 0.271 e. The van der Waals surface area contributed by atoms with Crippen molar-refractivity contribution in [1.82, 2.24) is 0 Å². The van der Waals surface area contributed by atoms with Crippen LogP contribution in [0.1, 0.15) is 30.1 Å². The summed E-state index contributed by atoms with van der Waals surface area (Å²) in [4.78, 5) is 35.6. The van der Waals surface area contributed by atoms with Crippen molar-refractivity contribution in [2.24, 2.45) is 5.92 Å². The first-order valence-corrected chi connectivity index (χ1v) is 9.05. The maximum Gasteiger partial charge on any atom is 0.271 e. The van der Waals surface area contributed by atoms with E-state index in [4.69, 9.17) is 0 Å². The molecule has 1 saturated heterocycles. The average Bonchev–Trinajstić information content (AvgIpc) is 2.69. The number of benzene rings is 2. The molecule has 0 saturated carbocycles. The van der Waals surface area contributed by atoms with Gasteiger partial charge in [0.2, 0.25) is 0 Å². The Morgan fingerprint density at radius 2 is 1.66 bits per heavy atom. The van der Waals surface area contributed by atoms with Gasteiger partial charge in [-0.05, 0) is 30.9 Å². The van der Waals surface area contributed by atoms with Crippen molar-refractivity contribution in [1.29, 1.82) is 0 Å². The minimum Gasteiger partial charge on any atom is -0.371 e. The predicted molar refractivity (Wildman–Crippen MR) is 105 cm³/mol. The van der Waals surface area contributed by atoms with E-state index in [2.05, 4.69) is 12.2 Å². The van der Waals surface area contributed by atoms with Crippen LogP contribution >= 0.6 is 0 Å². The van der Waals surface area contributed by atoms with E-state index in [1.54, 1.807) is 0 Å². The molecule has 0 radical (unpaired) electrons. The number of carbonyl (C=O) groups excluding carboxylic acids is 1. The van der Waals surface area contributed by atoms with E-state index >= 15 is 0 Å². The number of hydrogen-bond donors (Lipinski definition) is 1. The van der Waals surface area contributed by atoms with Gasteiger partial charge >= 0.3 is 0 Å². The minimum absolute atomic E-state index is 0.0136. The van der Waals surface area contributed by atoms with E-state index in [-0.39, 0.29) is 22.6 Å². The number of nitrogens with zero attached hydrogens (tertiary/aromatic N) is 3. The highest BCUT2D eigenvalue weighted by Gasteiger charge is 2.24. The fourth-order valence-corrected chi connectivity index (χ4v) is 3.26. The molecule has 2 aromatic carbocycles. The van der Waals surface area contributed by atoms with Gasteiger partial charge < -0.3 is 10.2 Å². The monoisotopic (exact) mass is 402 g/mol. The molecule has 0 bridgehead atoms. The molecule has 0 atom stereocenters. The van der Waals surface area contributed by atoms with Crippen molar-refractivity contribution in [2.75, 3.05) is 23.3 Å². The summed E-state index contributed by atoms with van der Waals surface area (Å²) >= 11 is 0. The molecular weight excluding hydrogens is 383 g/mol. The molecule has 29 heavy (non-hydrogen) atoms. The normalized spacial score (nSPS) is 14.5. The molecule has 2 aromatic rings. The molecule has 152 valence electrons. The van der Waals surface area contributed by atoms with Crippen LogP contribution in [0.4, 0.5) is 27.1 Å². The number of anilines is 2. The molecule has 0 unspecified atom stereocenters. The van der Waals surface area contributed by atoms with Gasteiger partial charge in [-0.25, -0.2) is 4.39 Å². The molecule has 0 aliphatic carbocycles. The number of nitro benzene ring substituents is 2. The molecule has 0 spiro atoms. The van der Waals surface area contributed by atoms with Gasteiger partial charge in [-0.3, -0.25) is 25.0 Å². The summed E-state index contributed by atoms with van der Waals surface area (Å²) in [5.41, 5.74) is -0.505. The van der Waals surface area contributed by atoms with E-state index in [1.807, 2.05) is 4.90 Å². The molecular formula is C19H19FN4O5. The molecule has 9 nitrogen and oxygen atoms in total. The van der Waals surface area contributed by atoms with Gasteiger partial charge in [0.1, 0.15) is 5.82 Å². The van der Waals surface area contributed by atoms with Crippen molar-refractivity contribution in [3.05, 3.63) is 68.0 Å². The molecule has 1 amide bonds. The molecule has 1 aliphatic rings. The number of carbonyl (C=O) groups is 1. The Labute approximate surface area is 165 Å². The number of nitrogens with one attached hydrogen (secondary N) is 1. The largest absolute Gasteiger partial charge is 0.371 e. The fourth-order valence-electron chi connectivity index (χ4n) is 3.26. The van der Waals surface area contributed by atoms with Crippen molar-refractivity contribution >= 4 is 28.7 Å². The lowest BCUT2D eigenvalue weighted by Gasteiger charge is -2.33. The number of hydrogen-bond acceptors (Lipinski definition) is 6. The van der Waals surface area contributed by atoms with Crippen LogP contribution < -0.4 is 10.2 Å². The second kappa shape index (κ2) is 8.21. The first-order valence-electron chi connectivity index (χ1n) is 9.05. The van der Waals surface area contributed by atoms with E-state index in [0.717, 1.165) is 37.1 Å². The number of nitro groups is 2. The zero-order valence-electron chi connectivity index (χ0n) is 15.6. The second-order valence-corrected chi connectivity index (χ2v) is 7.00. The van der Waals surface area contributed by atoms with Crippen LogP contribution in [0.5, 0.6) is 0 Å². The lowest BCUT2D eigenvalue weighted by atomic mass is 9.98. The van der Waals surface area contributed by atoms with Gasteiger partial charge in [0.05, 0.1) is 26.8 Å². The third-order valence-electron chi connectivity index (χ3n) is 4.97. The Morgan fingerprint density at radius 1 is 1.07 bits per heavy atom. The summed E-state index contributed by atoms with van der Waals surface area (Å²) in [7, 11) is 0. The van der Waals surface area contributed by atoms with Crippen molar-refractivity contribution in [3.63, 3.8) is 0 Å². The Hall–Kier alpha value is -3.56. The van der Waals surface area contributed by atoms with E-state index < -0.39 is 21.6 Å². The van der Waals surface area contributed by atoms with Crippen LogP contribution in [-0.2, 0) is 0 Å². The molecule has 1 N–H and O–H groups in total. The van der Waals surface area contributed by atoms with Gasteiger partial charge in [0.25, 0.3) is 17.3 Å². The minimum atomic E-state index is -0.845. The van der Waals surface area contributed by atoms with Gasteiger partial charge in [0.15, 0.2) is 0 Å². The topological polar surface area (TPSA) is 119 Å². The van der Waals surface area contributed by atoms with Crippen molar-refractivity contribution < 1.29 is 19.0 Å². The third kappa shape index (κ3) is 4.48. The Balaban J connectivity index is 1.96. The summed E-state index contributed by atoms with van der Waals surface area (Å²) in [6.07, 6.45) is 1.83. The molecule has 0 aromatic heterocycles. The third-order valence-corrected chi connectivity index (χ3v) is 4.97. The first-order chi connectivity index (χ1) is 13.8. The number of rotatable bonds is 5. The standard InChI is InChI=1S/C19H19FN4O5/c1-12-6-8-22(9-7-12)18-5-3-13(23(26)27)10-15(18)19(25)21-17-11-14(24(28)29)2-4-16(17)20/h2-5,10-12H,6-9H2,1H3,(H,21,25). The van der Waals surface area contributed by atoms with E-state index in [9.17, 15) is 29.4 Å². The summed E-state index contributed by atoms with van der Waals surface area (Å²) in [6, 6.07) is 6.74. The SMILES string of the molecule is CC1CCN(c2ccc([N+](=O)[O-])cc2C(=O)Nc2cc([N+](=O)[O-])ccc2F)CC1. The second-order valence-electron chi connectivity index (χ2n) is 7.00. The summed E-state index contributed by atoms with van der Waals surface area (Å²) in [5, 5.41) is 24.4. The van der Waals surface area contributed by atoms with Crippen LogP contribution in [0.2, 0.25) is 0 Å². The fraction of sp³-hybridized carbons (Fsp3) is 0.316.